The van der Waals surface area contributed by atoms with Crippen LogP contribution in [0.1, 0.15) is 12.5 Å². The van der Waals surface area contributed by atoms with Crippen molar-refractivity contribution in [1.29, 1.82) is 0 Å². The molecule has 180 valence electrons. The molecule has 5 nitrogen and oxygen atoms in total. The van der Waals surface area contributed by atoms with E-state index in [0.29, 0.717) is 5.52 Å². The number of alkyl halides is 3. The fourth-order valence-corrected chi connectivity index (χ4v) is 4.63. The first-order valence-corrected chi connectivity index (χ1v) is 11.8. The van der Waals surface area contributed by atoms with Gasteiger partial charge in [0.15, 0.2) is 5.16 Å². The monoisotopic (exact) mass is 537 g/mol. The Kier molecular flexibility index (Phi) is 7.12. The van der Waals surface area contributed by atoms with Gasteiger partial charge in [0.1, 0.15) is 0 Å². The summed E-state index contributed by atoms with van der Waals surface area (Å²) in [7, 11) is 0. The molecule has 0 radical (unpaired) electrons. The van der Waals surface area contributed by atoms with E-state index in [1.54, 1.807) is 43.3 Å². The van der Waals surface area contributed by atoms with Crippen molar-refractivity contribution in [1.82, 2.24) is 9.55 Å². The summed E-state index contributed by atoms with van der Waals surface area (Å²) in [6.45, 7) is 1.54. The molecule has 1 amide bonds. The van der Waals surface area contributed by atoms with Crippen LogP contribution < -0.4 is 10.9 Å². The molecule has 0 aliphatic heterocycles. The third kappa shape index (κ3) is 5.17. The summed E-state index contributed by atoms with van der Waals surface area (Å²) in [4.78, 5) is 30.7. The zero-order valence-corrected chi connectivity index (χ0v) is 20.3. The smallest absolute Gasteiger partial charge is 0.324 e. The number of amides is 1. The Morgan fingerprint density at radius 2 is 1.71 bits per heavy atom. The number of thioether (sulfide) groups is 1. The highest BCUT2D eigenvalue weighted by Crippen LogP contribution is 2.36. The van der Waals surface area contributed by atoms with Crippen LogP contribution in [0.3, 0.4) is 0 Å². The number of nitrogens with zero attached hydrogens (tertiary/aromatic N) is 2. The highest BCUT2D eigenvalue weighted by atomic mass is 35.5. The van der Waals surface area contributed by atoms with Gasteiger partial charge in [0, 0.05) is 0 Å². The summed E-state index contributed by atoms with van der Waals surface area (Å²) in [6, 6.07) is 15.8. The third-order valence-electron chi connectivity index (χ3n) is 5.06. The van der Waals surface area contributed by atoms with Gasteiger partial charge in [0.25, 0.3) is 5.56 Å². The van der Waals surface area contributed by atoms with Crippen molar-refractivity contribution in [3.8, 4) is 5.69 Å². The Morgan fingerprint density at radius 1 is 1.03 bits per heavy atom. The molecular formula is C24H16Cl2F3N3O2S. The molecule has 1 aromatic heterocycles. The number of para-hydroxylation sites is 2. The number of rotatable bonds is 5. The molecule has 1 N–H and O–H groups in total. The first kappa shape index (κ1) is 25.1. The Labute approximate surface area is 211 Å². The minimum Gasteiger partial charge on any atom is -0.324 e. The number of anilines is 1. The van der Waals surface area contributed by atoms with E-state index in [4.69, 9.17) is 23.2 Å². The van der Waals surface area contributed by atoms with Crippen molar-refractivity contribution in [2.75, 3.05) is 5.32 Å². The molecule has 11 heteroatoms. The maximum atomic E-state index is 13.8. The van der Waals surface area contributed by atoms with Crippen LogP contribution in [0.15, 0.2) is 76.7 Å². The van der Waals surface area contributed by atoms with Gasteiger partial charge in [-0.3, -0.25) is 14.2 Å². The summed E-state index contributed by atoms with van der Waals surface area (Å²) >= 11 is 13.0. The van der Waals surface area contributed by atoms with E-state index in [2.05, 4.69) is 10.3 Å². The number of aromatic nitrogens is 2. The average molecular weight is 538 g/mol. The predicted molar refractivity (Wildman–Crippen MR) is 133 cm³/mol. The fraction of sp³-hybridized carbons (Fsp3) is 0.125. The Bertz CT molecular complexity index is 1490. The maximum absolute atomic E-state index is 13.8. The van der Waals surface area contributed by atoms with E-state index in [1.807, 2.05) is 0 Å². The first-order chi connectivity index (χ1) is 16.6. The van der Waals surface area contributed by atoms with E-state index in [9.17, 15) is 22.8 Å². The molecule has 1 atom stereocenters. The summed E-state index contributed by atoms with van der Waals surface area (Å²) in [5.41, 5.74) is -1.48. The number of hydrogen-bond acceptors (Lipinski definition) is 4. The molecule has 0 bridgehead atoms. The van der Waals surface area contributed by atoms with Gasteiger partial charge in [-0.05, 0) is 43.3 Å². The number of carbonyl (C=O) groups excluding carboxylic acids is 1. The SMILES string of the molecule is CC(Sc1nc2ccccc2c(=O)n1-c1ccccc1C(F)(F)F)C(=O)Nc1cccc(Cl)c1Cl. The number of fused-ring (bicyclic) bond motifs is 1. The summed E-state index contributed by atoms with van der Waals surface area (Å²) < 4.78 is 42.2. The van der Waals surface area contributed by atoms with Gasteiger partial charge in [-0.2, -0.15) is 13.2 Å². The number of nitrogens with one attached hydrogen (secondary N) is 1. The molecule has 0 aliphatic carbocycles. The molecule has 0 aliphatic rings. The van der Waals surface area contributed by atoms with Crippen LogP contribution in [0.2, 0.25) is 10.0 Å². The number of carbonyl (C=O) groups is 1. The van der Waals surface area contributed by atoms with Gasteiger partial charge in [-0.25, -0.2) is 4.98 Å². The zero-order valence-electron chi connectivity index (χ0n) is 17.9. The van der Waals surface area contributed by atoms with Crippen LogP contribution in [0, 0.1) is 0 Å². The van der Waals surface area contributed by atoms with Crippen molar-refractivity contribution < 1.29 is 18.0 Å². The zero-order chi connectivity index (χ0) is 25.3. The quantitative estimate of drug-likeness (QED) is 0.224. The van der Waals surface area contributed by atoms with Crippen molar-refractivity contribution in [3.05, 3.63) is 92.7 Å². The second-order valence-corrected chi connectivity index (χ2v) is 9.51. The van der Waals surface area contributed by atoms with E-state index < -0.39 is 28.5 Å². The highest BCUT2D eigenvalue weighted by Gasteiger charge is 2.35. The lowest BCUT2D eigenvalue weighted by molar-refractivity contribution is -0.137. The Hall–Kier alpha value is -3.01. The molecule has 1 heterocycles. The third-order valence-corrected chi connectivity index (χ3v) is 6.93. The number of hydrogen-bond donors (Lipinski definition) is 1. The van der Waals surface area contributed by atoms with Gasteiger partial charge in [-0.15, -0.1) is 0 Å². The lowest BCUT2D eigenvalue weighted by Gasteiger charge is -2.19. The van der Waals surface area contributed by atoms with Crippen LogP contribution >= 0.6 is 35.0 Å². The van der Waals surface area contributed by atoms with Crippen LogP contribution in [-0.2, 0) is 11.0 Å². The van der Waals surface area contributed by atoms with Crippen molar-refractivity contribution in [2.24, 2.45) is 0 Å². The molecule has 4 aromatic rings. The number of benzene rings is 3. The second kappa shape index (κ2) is 9.93. The standard InChI is InChI=1S/C24H16Cl2F3N3O2S/c1-13(21(33)30-18-11-6-9-16(25)20(18)26)35-23-31-17-10-4-2-7-14(17)22(34)32(23)19-12-5-3-8-15(19)24(27,28)29/h2-13H,1H3,(H,30,33). The van der Waals surface area contributed by atoms with Crippen molar-refractivity contribution >= 4 is 57.5 Å². The Morgan fingerprint density at radius 3 is 2.46 bits per heavy atom. The first-order valence-electron chi connectivity index (χ1n) is 10.2. The average Bonchev–Trinajstić information content (AvgIpc) is 2.81. The van der Waals surface area contributed by atoms with Crippen molar-refractivity contribution in [2.45, 2.75) is 23.5 Å². The molecular weight excluding hydrogens is 522 g/mol. The largest absolute Gasteiger partial charge is 0.418 e. The van der Waals surface area contributed by atoms with E-state index >= 15 is 0 Å². The molecule has 3 aromatic carbocycles. The summed E-state index contributed by atoms with van der Waals surface area (Å²) in [6.07, 6.45) is -4.71. The molecule has 0 saturated heterocycles. The van der Waals surface area contributed by atoms with Gasteiger partial charge >= 0.3 is 6.18 Å². The van der Waals surface area contributed by atoms with Crippen LogP contribution in [-0.4, -0.2) is 20.7 Å². The molecule has 35 heavy (non-hydrogen) atoms. The lowest BCUT2D eigenvalue weighted by atomic mass is 10.1. The predicted octanol–water partition coefficient (Wildman–Crippen LogP) is 6.83. The minimum absolute atomic E-state index is 0.0646. The molecule has 0 spiro atoms. The van der Waals surface area contributed by atoms with Gasteiger partial charge < -0.3 is 5.32 Å². The molecule has 4 rings (SSSR count). The van der Waals surface area contributed by atoms with Gasteiger partial charge in [0.2, 0.25) is 5.91 Å². The topological polar surface area (TPSA) is 64.0 Å². The normalized spacial score (nSPS) is 12.5. The van der Waals surface area contributed by atoms with Crippen molar-refractivity contribution in [3.63, 3.8) is 0 Å². The Balaban J connectivity index is 1.80. The molecule has 0 saturated carbocycles. The van der Waals surface area contributed by atoms with E-state index in [0.717, 1.165) is 22.4 Å². The van der Waals surface area contributed by atoms with Gasteiger partial charge in [-0.1, -0.05) is 65.3 Å². The van der Waals surface area contributed by atoms with E-state index in [-0.39, 0.29) is 32.0 Å². The fourth-order valence-electron chi connectivity index (χ4n) is 3.36. The minimum atomic E-state index is -4.71. The summed E-state index contributed by atoms with van der Waals surface area (Å²) in [5, 5.41) is 2.27. The lowest BCUT2D eigenvalue weighted by Crippen LogP contribution is -2.27. The van der Waals surface area contributed by atoms with Crippen LogP contribution in [0.4, 0.5) is 18.9 Å². The van der Waals surface area contributed by atoms with E-state index in [1.165, 1.54) is 24.3 Å². The second-order valence-electron chi connectivity index (χ2n) is 7.42. The molecule has 0 fully saturated rings. The van der Waals surface area contributed by atoms with Crippen LogP contribution in [0.25, 0.3) is 16.6 Å². The maximum Gasteiger partial charge on any atom is 0.418 e. The van der Waals surface area contributed by atoms with Crippen LogP contribution in [0.5, 0.6) is 0 Å². The highest BCUT2D eigenvalue weighted by molar-refractivity contribution is 8.00. The molecule has 1 unspecified atom stereocenters. The summed E-state index contributed by atoms with van der Waals surface area (Å²) in [5.74, 6) is -0.503. The number of halogens is 5. The van der Waals surface area contributed by atoms with Gasteiger partial charge in [0.05, 0.1) is 43.1 Å².